The van der Waals surface area contributed by atoms with Gasteiger partial charge in [0, 0.05) is 24.8 Å². The third-order valence-electron chi connectivity index (χ3n) is 3.38. The van der Waals surface area contributed by atoms with Gasteiger partial charge in [-0.1, -0.05) is 30.3 Å². The van der Waals surface area contributed by atoms with Crippen molar-refractivity contribution in [3.8, 4) is 17.1 Å². The minimum atomic E-state index is -0.603. The van der Waals surface area contributed by atoms with E-state index in [1.165, 1.54) is 19.2 Å². The van der Waals surface area contributed by atoms with Crippen LogP contribution in [-0.2, 0) is 4.74 Å². The third-order valence-corrected chi connectivity index (χ3v) is 3.38. The average molecular weight is 314 g/mol. The highest BCUT2D eigenvalue weighted by atomic mass is 19.1. The topological polar surface area (TPSA) is 48.7 Å². The summed E-state index contributed by atoms with van der Waals surface area (Å²) in [5, 5.41) is 0.182. The molecule has 3 rings (SSSR count). The van der Waals surface area contributed by atoms with Gasteiger partial charge in [-0.25, -0.2) is 4.39 Å². The maximum atomic E-state index is 14.0. The molecule has 0 aliphatic carbocycles. The summed E-state index contributed by atoms with van der Waals surface area (Å²) in [5.74, 6) is -0.145. The molecule has 0 bridgehead atoms. The zero-order valence-electron chi connectivity index (χ0n) is 12.5. The summed E-state index contributed by atoms with van der Waals surface area (Å²) in [5.41, 5.74) is 0.760. The highest BCUT2D eigenvalue weighted by Crippen LogP contribution is 2.27. The number of ether oxygens (including phenoxy) is 2. The molecule has 1 aromatic heterocycles. The fourth-order valence-electron chi connectivity index (χ4n) is 2.25. The largest absolute Gasteiger partial charge is 0.488 e. The second-order valence-electron chi connectivity index (χ2n) is 4.96. The Hall–Kier alpha value is -2.66. The maximum absolute atomic E-state index is 14.0. The second kappa shape index (κ2) is 6.62. The van der Waals surface area contributed by atoms with Crippen molar-refractivity contribution in [2.24, 2.45) is 0 Å². The molecule has 4 nitrogen and oxygen atoms in total. The molecule has 0 amide bonds. The SMILES string of the molecule is COCCOc1cc2oc(-c3ccccc3)cc(=O)c2cc1F. The molecule has 3 aromatic rings. The third kappa shape index (κ3) is 3.24. The fourth-order valence-corrected chi connectivity index (χ4v) is 2.25. The number of rotatable bonds is 5. The summed E-state index contributed by atoms with van der Waals surface area (Å²) >= 11 is 0. The van der Waals surface area contributed by atoms with Crippen LogP contribution in [-0.4, -0.2) is 20.3 Å². The van der Waals surface area contributed by atoms with Gasteiger partial charge in [-0.15, -0.1) is 0 Å². The van der Waals surface area contributed by atoms with Gasteiger partial charge >= 0.3 is 0 Å². The zero-order chi connectivity index (χ0) is 16.2. The monoisotopic (exact) mass is 314 g/mol. The first kappa shape index (κ1) is 15.2. The molecule has 0 aliphatic heterocycles. The van der Waals surface area contributed by atoms with Crippen molar-refractivity contribution in [3.63, 3.8) is 0 Å². The smallest absolute Gasteiger partial charge is 0.193 e. The number of halogens is 1. The molecule has 0 fully saturated rings. The first-order chi connectivity index (χ1) is 11.2. The van der Waals surface area contributed by atoms with Crippen molar-refractivity contribution in [1.29, 1.82) is 0 Å². The molecule has 5 heteroatoms. The maximum Gasteiger partial charge on any atom is 0.193 e. The standard InChI is InChI=1S/C18H15FO4/c1-21-7-8-22-18-11-17-13(9-14(18)19)15(20)10-16(23-17)12-5-3-2-4-6-12/h2-6,9-11H,7-8H2,1H3. The molecule has 0 aliphatic rings. The molecule has 0 saturated heterocycles. The highest BCUT2D eigenvalue weighted by molar-refractivity contribution is 5.80. The van der Waals surface area contributed by atoms with E-state index >= 15 is 0 Å². The minimum absolute atomic E-state index is 0.0305. The van der Waals surface area contributed by atoms with Crippen LogP contribution in [0.15, 0.2) is 57.7 Å². The van der Waals surface area contributed by atoms with Gasteiger partial charge in [-0.2, -0.15) is 0 Å². The molecule has 23 heavy (non-hydrogen) atoms. The van der Waals surface area contributed by atoms with E-state index in [0.29, 0.717) is 12.4 Å². The number of benzene rings is 2. The van der Waals surface area contributed by atoms with Gasteiger partial charge in [0.15, 0.2) is 17.0 Å². The highest BCUT2D eigenvalue weighted by Gasteiger charge is 2.12. The number of hydrogen-bond donors (Lipinski definition) is 0. The van der Waals surface area contributed by atoms with Gasteiger partial charge in [0.1, 0.15) is 18.0 Å². The van der Waals surface area contributed by atoms with Crippen LogP contribution in [0.1, 0.15) is 0 Å². The molecule has 1 heterocycles. The normalized spacial score (nSPS) is 10.9. The van der Waals surface area contributed by atoms with Crippen molar-refractivity contribution in [1.82, 2.24) is 0 Å². The van der Waals surface area contributed by atoms with Crippen LogP contribution >= 0.6 is 0 Å². The zero-order valence-corrected chi connectivity index (χ0v) is 12.5. The van der Waals surface area contributed by atoms with Gasteiger partial charge < -0.3 is 13.9 Å². The van der Waals surface area contributed by atoms with E-state index in [9.17, 15) is 9.18 Å². The summed E-state index contributed by atoms with van der Waals surface area (Å²) < 4.78 is 29.9. The molecule has 0 radical (unpaired) electrons. The predicted octanol–water partition coefficient (Wildman–Crippen LogP) is 3.62. The lowest BCUT2D eigenvalue weighted by Crippen LogP contribution is -2.07. The second-order valence-corrected chi connectivity index (χ2v) is 4.96. The molecule has 2 aromatic carbocycles. The lowest BCUT2D eigenvalue weighted by molar-refractivity contribution is 0.144. The van der Waals surface area contributed by atoms with E-state index in [1.54, 1.807) is 0 Å². The summed E-state index contributed by atoms with van der Waals surface area (Å²) in [4.78, 5) is 12.2. The quantitative estimate of drug-likeness (QED) is 0.675. The first-order valence-electron chi connectivity index (χ1n) is 7.13. The lowest BCUT2D eigenvalue weighted by Gasteiger charge is -2.08. The Bertz CT molecular complexity index is 871. The van der Waals surface area contributed by atoms with Crippen molar-refractivity contribution < 1.29 is 18.3 Å². The Morgan fingerprint density at radius 2 is 1.87 bits per heavy atom. The van der Waals surface area contributed by atoms with Gasteiger partial charge in [0.2, 0.25) is 0 Å². The molecule has 0 N–H and O–H groups in total. The van der Waals surface area contributed by atoms with E-state index in [-0.39, 0.29) is 28.8 Å². The first-order valence-corrected chi connectivity index (χ1v) is 7.13. The van der Waals surface area contributed by atoms with Crippen molar-refractivity contribution >= 4 is 11.0 Å². The van der Waals surface area contributed by atoms with Gasteiger partial charge in [0.05, 0.1) is 12.0 Å². The molecule has 118 valence electrons. The predicted molar refractivity (Wildman–Crippen MR) is 85.2 cm³/mol. The fraction of sp³-hybridized carbons (Fsp3) is 0.167. The van der Waals surface area contributed by atoms with E-state index in [0.717, 1.165) is 11.6 Å². The molecule has 0 spiro atoms. The van der Waals surface area contributed by atoms with Crippen LogP contribution in [0.4, 0.5) is 4.39 Å². The minimum Gasteiger partial charge on any atom is -0.488 e. The lowest BCUT2D eigenvalue weighted by atomic mass is 10.1. The Morgan fingerprint density at radius 1 is 1.09 bits per heavy atom. The summed E-state index contributed by atoms with van der Waals surface area (Å²) in [7, 11) is 1.53. The van der Waals surface area contributed by atoms with Gasteiger partial charge in [-0.3, -0.25) is 4.79 Å². The number of hydrogen-bond acceptors (Lipinski definition) is 4. The molecule has 0 unspecified atom stereocenters. The van der Waals surface area contributed by atoms with Gasteiger partial charge in [-0.05, 0) is 6.07 Å². The Kier molecular flexibility index (Phi) is 4.39. The van der Waals surface area contributed by atoms with Crippen molar-refractivity contribution in [2.75, 3.05) is 20.3 Å². The number of fused-ring (bicyclic) bond motifs is 1. The Balaban J connectivity index is 2.07. The van der Waals surface area contributed by atoms with Crippen LogP contribution in [0.5, 0.6) is 5.75 Å². The van der Waals surface area contributed by atoms with E-state index in [4.69, 9.17) is 13.9 Å². The van der Waals surface area contributed by atoms with Crippen LogP contribution in [0, 0.1) is 5.82 Å². The molecule has 0 atom stereocenters. The van der Waals surface area contributed by atoms with Crippen molar-refractivity contribution in [3.05, 3.63) is 64.6 Å². The van der Waals surface area contributed by atoms with E-state index < -0.39 is 5.82 Å². The van der Waals surface area contributed by atoms with E-state index in [1.807, 2.05) is 30.3 Å². The van der Waals surface area contributed by atoms with Crippen LogP contribution in [0.25, 0.3) is 22.3 Å². The van der Waals surface area contributed by atoms with Crippen molar-refractivity contribution in [2.45, 2.75) is 0 Å². The summed E-state index contributed by atoms with van der Waals surface area (Å²) in [6.45, 7) is 0.549. The number of methoxy groups -OCH3 is 1. The Morgan fingerprint density at radius 3 is 2.61 bits per heavy atom. The van der Waals surface area contributed by atoms with Gasteiger partial charge in [0.25, 0.3) is 0 Å². The Labute approximate surface area is 132 Å². The molecular formula is C18H15FO4. The average Bonchev–Trinajstić information content (AvgIpc) is 2.57. The van der Waals surface area contributed by atoms with E-state index in [2.05, 4.69) is 0 Å². The van der Waals surface area contributed by atoms with Crippen LogP contribution < -0.4 is 10.2 Å². The molecular weight excluding hydrogens is 299 g/mol. The molecule has 0 saturated carbocycles. The summed E-state index contributed by atoms with van der Waals surface area (Å²) in [6, 6.07) is 13.1. The van der Waals surface area contributed by atoms with Crippen LogP contribution in [0.3, 0.4) is 0 Å². The van der Waals surface area contributed by atoms with Crippen LogP contribution in [0.2, 0.25) is 0 Å². The summed E-state index contributed by atoms with van der Waals surface area (Å²) in [6.07, 6.45) is 0.